The van der Waals surface area contributed by atoms with E-state index in [0.29, 0.717) is 17.0 Å². The first kappa shape index (κ1) is 20.2. The highest BCUT2D eigenvalue weighted by molar-refractivity contribution is 7.99. The Morgan fingerprint density at radius 1 is 1.31 bits per heavy atom. The van der Waals surface area contributed by atoms with E-state index < -0.39 is 0 Å². The van der Waals surface area contributed by atoms with Crippen LogP contribution < -0.4 is 10.9 Å². The molecule has 0 fully saturated rings. The molecular formula is C22H25N3O2S2. The first-order valence-electron chi connectivity index (χ1n) is 9.96. The van der Waals surface area contributed by atoms with Gasteiger partial charge in [0.05, 0.1) is 16.4 Å². The molecule has 1 amide bonds. The monoisotopic (exact) mass is 427 g/mol. The van der Waals surface area contributed by atoms with Crippen LogP contribution in [-0.2, 0) is 23.4 Å². The summed E-state index contributed by atoms with van der Waals surface area (Å²) in [5, 5.41) is 3.54. The number of amides is 1. The molecule has 29 heavy (non-hydrogen) atoms. The summed E-state index contributed by atoms with van der Waals surface area (Å²) < 4.78 is 0. The molecule has 1 aliphatic rings. The maximum Gasteiger partial charge on any atom is 0.259 e. The number of anilines is 1. The largest absolute Gasteiger partial charge is 0.325 e. The molecule has 5 nitrogen and oxygen atoms in total. The van der Waals surface area contributed by atoms with Crippen LogP contribution in [0.3, 0.4) is 0 Å². The molecular weight excluding hydrogens is 402 g/mol. The number of nitrogens with zero attached hydrogens (tertiary/aromatic N) is 1. The van der Waals surface area contributed by atoms with E-state index in [-0.39, 0.29) is 16.7 Å². The first-order chi connectivity index (χ1) is 13.9. The third kappa shape index (κ3) is 4.12. The van der Waals surface area contributed by atoms with E-state index in [1.165, 1.54) is 35.7 Å². The number of nitrogens with one attached hydrogen (secondary N) is 2. The number of fused-ring (bicyclic) bond motifs is 2. The Hall–Kier alpha value is -2.12. The zero-order chi connectivity index (χ0) is 20.5. The van der Waals surface area contributed by atoms with Crippen molar-refractivity contribution in [2.24, 2.45) is 0 Å². The van der Waals surface area contributed by atoms with E-state index in [2.05, 4.69) is 21.4 Å². The van der Waals surface area contributed by atoms with Crippen molar-refractivity contribution in [2.75, 3.05) is 5.32 Å². The highest BCUT2D eigenvalue weighted by Gasteiger charge is 2.19. The Labute approximate surface area is 178 Å². The normalized spacial score (nSPS) is 14.6. The maximum atomic E-state index is 12.7. The number of carbonyl (C=O) groups is 1. The van der Waals surface area contributed by atoms with Gasteiger partial charge in [-0.3, -0.25) is 9.59 Å². The van der Waals surface area contributed by atoms with Crippen molar-refractivity contribution in [3.63, 3.8) is 0 Å². The highest BCUT2D eigenvalue weighted by atomic mass is 32.2. The fourth-order valence-corrected chi connectivity index (χ4v) is 5.58. The molecule has 1 atom stereocenters. The van der Waals surface area contributed by atoms with Gasteiger partial charge in [-0.1, -0.05) is 12.1 Å². The Balaban J connectivity index is 1.44. The van der Waals surface area contributed by atoms with Crippen molar-refractivity contribution in [1.29, 1.82) is 0 Å². The number of hydrogen-bond acceptors (Lipinski definition) is 5. The number of aromatic amines is 1. The maximum absolute atomic E-state index is 12.7. The van der Waals surface area contributed by atoms with Gasteiger partial charge in [0.2, 0.25) is 5.91 Å². The van der Waals surface area contributed by atoms with Crippen LogP contribution in [0.25, 0.3) is 10.2 Å². The van der Waals surface area contributed by atoms with Gasteiger partial charge in [-0.2, -0.15) is 0 Å². The van der Waals surface area contributed by atoms with Crippen molar-refractivity contribution in [2.45, 2.75) is 57.5 Å². The number of carbonyl (C=O) groups excluding carboxylic acids is 1. The van der Waals surface area contributed by atoms with E-state index in [1.54, 1.807) is 11.3 Å². The molecule has 0 spiro atoms. The number of benzene rings is 1. The summed E-state index contributed by atoms with van der Waals surface area (Å²) in [5.74, 6) is 1.09. The highest BCUT2D eigenvalue weighted by Crippen LogP contribution is 2.29. The standard InChI is InChI=1S/C22H25N3O2S2/c1-12-13(2)29-22-19(12)21(27)24-18(25-22)11-28-14(3)20(26)23-17-10-6-8-15-7-4-5-9-16(15)17/h6,8,10,14H,4-5,7,9,11H2,1-3H3,(H,23,26)(H,24,25,27). The van der Waals surface area contributed by atoms with Crippen molar-refractivity contribution in [1.82, 2.24) is 9.97 Å². The molecule has 2 heterocycles. The molecule has 0 radical (unpaired) electrons. The van der Waals surface area contributed by atoms with E-state index in [1.807, 2.05) is 32.9 Å². The average molecular weight is 428 g/mol. The molecule has 0 aliphatic heterocycles. The molecule has 4 rings (SSSR count). The Morgan fingerprint density at radius 2 is 2.10 bits per heavy atom. The molecule has 1 aromatic carbocycles. The zero-order valence-electron chi connectivity index (χ0n) is 16.9. The fourth-order valence-electron chi connectivity index (χ4n) is 3.78. The summed E-state index contributed by atoms with van der Waals surface area (Å²) in [6, 6.07) is 6.18. The van der Waals surface area contributed by atoms with Crippen molar-refractivity contribution in [3.8, 4) is 0 Å². The molecule has 152 valence electrons. The molecule has 0 bridgehead atoms. The predicted octanol–water partition coefficient (Wildman–Crippen LogP) is 4.74. The SMILES string of the molecule is Cc1sc2nc(CSC(C)C(=O)Nc3cccc4c3CCCC4)[nH]c(=O)c2c1C. The Morgan fingerprint density at radius 3 is 2.93 bits per heavy atom. The van der Waals surface area contributed by atoms with Gasteiger partial charge in [0.1, 0.15) is 10.7 Å². The van der Waals surface area contributed by atoms with Gasteiger partial charge >= 0.3 is 0 Å². The second-order valence-electron chi connectivity index (χ2n) is 7.57. The molecule has 2 N–H and O–H groups in total. The quantitative estimate of drug-likeness (QED) is 0.617. The summed E-state index contributed by atoms with van der Waals surface area (Å²) in [6.07, 6.45) is 4.51. The van der Waals surface area contributed by atoms with E-state index in [4.69, 9.17) is 0 Å². The van der Waals surface area contributed by atoms with Crippen molar-refractivity contribution < 1.29 is 4.79 Å². The van der Waals surface area contributed by atoms with Gasteiger partial charge in [0.15, 0.2) is 0 Å². The molecule has 7 heteroatoms. The number of rotatable bonds is 5. The number of thiophene rings is 1. The molecule has 2 aromatic heterocycles. The summed E-state index contributed by atoms with van der Waals surface area (Å²) in [7, 11) is 0. The molecule has 0 saturated heterocycles. The van der Waals surface area contributed by atoms with Crippen molar-refractivity contribution >= 4 is 44.9 Å². The van der Waals surface area contributed by atoms with E-state index in [0.717, 1.165) is 33.8 Å². The number of hydrogen-bond donors (Lipinski definition) is 2. The fraction of sp³-hybridized carbons (Fsp3) is 0.409. The topological polar surface area (TPSA) is 74.8 Å². The Bertz CT molecular complexity index is 1130. The number of H-pyrrole nitrogens is 1. The van der Waals surface area contributed by atoms with Gasteiger partial charge in [0, 0.05) is 10.6 Å². The van der Waals surface area contributed by atoms with Crippen LogP contribution in [0.4, 0.5) is 5.69 Å². The second-order valence-corrected chi connectivity index (χ2v) is 10.1. The third-order valence-corrected chi connectivity index (χ3v) is 7.84. The summed E-state index contributed by atoms with van der Waals surface area (Å²) in [6.45, 7) is 5.85. The van der Waals surface area contributed by atoms with Crippen LogP contribution in [0.1, 0.15) is 47.2 Å². The summed E-state index contributed by atoms with van der Waals surface area (Å²) >= 11 is 3.03. The van der Waals surface area contributed by atoms with Crippen LogP contribution in [0.15, 0.2) is 23.0 Å². The second kappa shape index (κ2) is 8.32. The molecule has 0 saturated carbocycles. The first-order valence-corrected chi connectivity index (χ1v) is 11.8. The van der Waals surface area contributed by atoms with Gasteiger partial charge in [0.25, 0.3) is 5.56 Å². The van der Waals surface area contributed by atoms with E-state index >= 15 is 0 Å². The lowest BCUT2D eigenvalue weighted by atomic mass is 9.90. The lowest BCUT2D eigenvalue weighted by Gasteiger charge is -2.20. The van der Waals surface area contributed by atoms with Crippen LogP contribution in [0, 0.1) is 13.8 Å². The van der Waals surface area contributed by atoms with Gasteiger partial charge in [-0.15, -0.1) is 23.1 Å². The smallest absolute Gasteiger partial charge is 0.259 e. The average Bonchev–Trinajstić information content (AvgIpc) is 3.00. The lowest BCUT2D eigenvalue weighted by molar-refractivity contribution is -0.115. The molecule has 1 aliphatic carbocycles. The third-order valence-electron chi connectivity index (χ3n) is 5.58. The van der Waals surface area contributed by atoms with Gasteiger partial charge < -0.3 is 10.3 Å². The van der Waals surface area contributed by atoms with Crippen LogP contribution in [0.5, 0.6) is 0 Å². The van der Waals surface area contributed by atoms with Gasteiger partial charge in [-0.05, 0) is 69.2 Å². The zero-order valence-corrected chi connectivity index (χ0v) is 18.6. The van der Waals surface area contributed by atoms with Gasteiger partial charge in [-0.25, -0.2) is 4.98 Å². The number of thioether (sulfide) groups is 1. The summed E-state index contributed by atoms with van der Waals surface area (Å²) in [4.78, 5) is 34.5. The number of aromatic nitrogens is 2. The van der Waals surface area contributed by atoms with Crippen LogP contribution in [0.2, 0.25) is 0 Å². The molecule has 1 unspecified atom stereocenters. The minimum absolute atomic E-state index is 0.0137. The predicted molar refractivity (Wildman–Crippen MR) is 122 cm³/mol. The molecule has 3 aromatic rings. The minimum Gasteiger partial charge on any atom is -0.325 e. The van der Waals surface area contributed by atoms with Crippen LogP contribution in [-0.4, -0.2) is 21.1 Å². The van der Waals surface area contributed by atoms with Crippen molar-refractivity contribution in [3.05, 3.63) is 55.9 Å². The number of aryl methyl sites for hydroxylation is 3. The minimum atomic E-state index is -0.248. The summed E-state index contributed by atoms with van der Waals surface area (Å²) in [5.41, 5.74) is 4.48. The Kier molecular flexibility index (Phi) is 5.79. The lowest BCUT2D eigenvalue weighted by Crippen LogP contribution is -2.24. The van der Waals surface area contributed by atoms with Crippen LogP contribution >= 0.6 is 23.1 Å². The van der Waals surface area contributed by atoms with E-state index in [9.17, 15) is 9.59 Å².